The predicted octanol–water partition coefficient (Wildman–Crippen LogP) is 5.41. The van der Waals surface area contributed by atoms with Crippen molar-refractivity contribution in [3.8, 4) is 5.75 Å². The molecule has 0 amide bonds. The first-order chi connectivity index (χ1) is 13.2. The van der Waals surface area contributed by atoms with Gasteiger partial charge < -0.3 is 9.64 Å². The summed E-state index contributed by atoms with van der Waals surface area (Å²) in [6, 6.07) is 15.8. The number of aryl methyl sites for hydroxylation is 1. The number of nitrogens with zero attached hydrogens (tertiary/aromatic N) is 2. The summed E-state index contributed by atoms with van der Waals surface area (Å²) < 4.78 is 5.46. The molecule has 0 N–H and O–H groups in total. The van der Waals surface area contributed by atoms with Crippen LogP contribution in [0.1, 0.15) is 36.2 Å². The van der Waals surface area contributed by atoms with E-state index in [0.717, 1.165) is 41.7 Å². The van der Waals surface area contributed by atoms with Crippen molar-refractivity contribution in [1.82, 2.24) is 0 Å². The summed E-state index contributed by atoms with van der Waals surface area (Å²) in [5, 5.41) is 0.935. The van der Waals surface area contributed by atoms with Crippen molar-refractivity contribution in [2.75, 3.05) is 30.3 Å². The number of carbonyl (C=O) groups is 1. The van der Waals surface area contributed by atoms with Gasteiger partial charge in [0.1, 0.15) is 5.75 Å². The zero-order valence-electron chi connectivity index (χ0n) is 16.4. The molecule has 0 unspecified atom stereocenters. The average Bonchev–Trinajstić information content (AvgIpc) is 2.73. The average molecular weight is 463 g/mol. The lowest BCUT2D eigenvalue weighted by Gasteiger charge is -2.27. The molecule has 0 radical (unpaired) electrons. The number of rotatable bonds is 7. The Morgan fingerprint density at radius 1 is 1.11 bits per heavy atom. The van der Waals surface area contributed by atoms with Gasteiger partial charge in [0.05, 0.1) is 13.2 Å². The molecule has 0 saturated heterocycles. The van der Waals surface area contributed by atoms with Crippen LogP contribution >= 0.6 is 28.7 Å². The van der Waals surface area contributed by atoms with Crippen molar-refractivity contribution in [2.24, 2.45) is 4.99 Å². The molecule has 2 aromatic carbocycles. The second-order valence-electron chi connectivity index (χ2n) is 6.35. The highest BCUT2D eigenvalue weighted by molar-refractivity contribution is 8.93. The number of ketones is 1. The summed E-state index contributed by atoms with van der Waals surface area (Å²) in [6.07, 6.45) is 2.09. The Hall–Kier alpha value is -1.79. The van der Waals surface area contributed by atoms with Crippen molar-refractivity contribution >= 4 is 45.4 Å². The maximum absolute atomic E-state index is 12.9. The third-order valence-corrected chi connectivity index (χ3v) is 5.56. The van der Waals surface area contributed by atoms with Crippen molar-refractivity contribution in [2.45, 2.75) is 26.7 Å². The number of carbonyl (C=O) groups excluding carboxylic acids is 1. The number of hydrogen-bond donors (Lipinski definition) is 0. The topological polar surface area (TPSA) is 41.9 Å². The second-order valence-corrected chi connectivity index (χ2v) is 7.42. The van der Waals surface area contributed by atoms with Crippen LogP contribution in [0.5, 0.6) is 5.75 Å². The number of halogens is 1. The fourth-order valence-corrected chi connectivity index (χ4v) is 3.90. The molecule has 0 fully saturated rings. The molecule has 0 bridgehead atoms. The van der Waals surface area contributed by atoms with E-state index in [0.29, 0.717) is 12.2 Å². The Bertz CT molecular complexity index is 791. The van der Waals surface area contributed by atoms with Crippen molar-refractivity contribution in [3.63, 3.8) is 0 Å². The van der Waals surface area contributed by atoms with Crippen LogP contribution in [0.2, 0.25) is 0 Å². The minimum absolute atomic E-state index is 0. The van der Waals surface area contributed by atoms with Crippen LogP contribution in [0.4, 0.5) is 5.69 Å². The molecular formula is C22H27BrN2O2S. The van der Waals surface area contributed by atoms with Crippen LogP contribution in [-0.2, 0) is 6.42 Å². The van der Waals surface area contributed by atoms with Crippen LogP contribution in [0.15, 0.2) is 53.5 Å². The Balaban J connectivity index is 0.00000280. The summed E-state index contributed by atoms with van der Waals surface area (Å²) in [7, 11) is 0. The number of hydrogen-bond acceptors (Lipinski definition) is 5. The number of Topliss-reactive ketones (excluding diaryl/α,β-unsaturated/α-hetero) is 1. The standard InChI is InChI=1S/C22H26N2O2S.BrH/c1-3-17-6-10-19(11-7-17)24(22-23-14-5-15-27-22)16-21(25)18-8-12-20(13-9-18)26-4-2;/h6-13H,3-5,14-16H2,1-2H3;1H. The molecule has 150 valence electrons. The lowest BCUT2D eigenvalue weighted by molar-refractivity contribution is 0.100. The van der Waals surface area contributed by atoms with Gasteiger partial charge in [0.15, 0.2) is 11.0 Å². The normalized spacial score (nSPS) is 13.3. The lowest BCUT2D eigenvalue weighted by atomic mass is 10.1. The molecule has 0 spiro atoms. The zero-order chi connectivity index (χ0) is 19.1. The van der Waals surface area contributed by atoms with Crippen molar-refractivity contribution in [3.05, 3.63) is 59.7 Å². The van der Waals surface area contributed by atoms with Crippen LogP contribution < -0.4 is 9.64 Å². The fraction of sp³-hybridized carbons (Fsp3) is 0.364. The van der Waals surface area contributed by atoms with E-state index >= 15 is 0 Å². The molecule has 0 aliphatic carbocycles. The number of amidine groups is 1. The number of aliphatic imine (C=N–C) groups is 1. The van der Waals surface area contributed by atoms with Gasteiger partial charge in [0.25, 0.3) is 0 Å². The third-order valence-electron chi connectivity index (χ3n) is 4.46. The summed E-state index contributed by atoms with van der Waals surface area (Å²) in [5.41, 5.74) is 2.99. The first-order valence-corrected chi connectivity index (χ1v) is 10.5. The highest BCUT2D eigenvalue weighted by Gasteiger charge is 2.20. The first-order valence-electron chi connectivity index (χ1n) is 9.51. The number of thioether (sulfide) groups is 1. The molecule has 28 heavy (non-hydrogen) atoms. The van der Waals surface area contributed by atoms with E-state index in [1.165, 1.54) is 5.56 Å². The first kappa shape index (κ1) is 22.5. The molecule has 0 atom stereocenters. The third kappa shape index (κ3) is 5.85. The Kier molecular flexibility index (Phi) is 9.06. The van der Waals surface area contributed by atoms with Crippen LogP contribution in [0.25, 0.3) is 0 Å². The van der Waals surface area contributed by atoms with Gasteiger partial charge in [-0.2, -0.15) is 0 Å². The zero-order valence-corrected chi connectivity index (χ0v) is 18.9. The highest BCUT2D eigenvalue weighted by Crippen LogP contribution is 2.24. The van der Waals surface area contributed by atoms with Crippen LogP contribution in [0.3, 0.4) is 0 Å². The molecule has 4 nitrogen and oxygen atoms in total. The van der Waals surface area contributed by atoms with E-state index in [1.54, 1.807) is 11.8 Å². The van der Waals surface area contributed by atoms with Gasteiger partial charge in [0, 0.05) is 23.5 Å². The molecule has 1 aliphatic rings. The molecule has 0 aromatic heterocycles. The SMILES string of the molecule is Br.CCOc1ccc(C(=O)CN(C2=NCCCS2)c2ccc(CC)cc2)cc1. The summed E-state index contributed by atoms with van der Waals surface area (Å²) in [6.45, 7) is 5.81. The number of benzene rings is 2. The maximum atomic E-state index is 12.9. The van der Waals surface area contributed by atoms with E-state index < -0.39 is 0 Å². The molecule has 3 rings (SSSR count). The molecule has 1 aliphatic heterocycles. The molecule has 2 aromatic rings. The van der Waals surface area contributed by atoms with Gasteiger partial charge in [-0.15, -0.1) is 17.0 Å². The van der Waals surface area contributed by atoms with Crippen LogP contribution in [0, 0.1) is 0 Å². The Morgan fingerprint density at radius 3 is 2.39 bits per heavy atom. The molecule has 6 heteroatoms. The number of ether oxygens (including phenoxy) is 1. The molecule has 0 saturated carbocycles. The van der Waals surface area contributed by atoms with Gasteiger partial charge in [-0.05, 0) is 61.7 Å². The second kappa shape index (κ2) is 11.3. The van der Waals surface area contributed by atoms with E-state index in [2.05, 4.69) is 36.2 Å². The lowest BCUT2D eigenvalue weighted by Crippen LogP contribution is -2.35. The minimum Gasteiger partial charge on any atom is -0.494 e. The van der Waals surface area contributed by atoms with Crippen LogP contribution in [-0.4, -0.2) is 36.4 Å². The predicted molar refractivity (Wildman–Crippen MR) is 125 cm³/mol. The van der Waals surface area contributed by atoms with E-state index in [9.17, 15) is 4.79 Å². The van der Waals surface area contributed by atoms with E-state index in [1.807, 2.05) is 36.1 Å². The van der Waals surface area contributed by atoms with Gasteiger partial charge in [-0.25, -0.2) is 0 Å². The van der Waals surface area contributed by atoms with Gasteiger partial charge in [0.2, 0.25) is 0 Å². The van der Waals surface area contributed by atoms with Gasteiger partial charge >= 0.3 is 0 Å². The smallest absolute Gasteiger partial charge is 0.182 e. The van der Waals surface area contributed by atoms with Crippen molar-refractivity contribution < 1.29 is 9.53 Å². The van der Waals surface area contributed by atoms with Crippen molar-refractivity contribution in [1.29, 1.82) is 0 Å². The minimum atomic E-state index is 0. The summed E-state index contributed by atoms with van der Waals surface area (Å²) in [5.74, 6) is 1.90. The Morgan fingerprint density at radius 2 is 1.82 bits per heavy atom. The number of anilines is 1. The summed E-state index contributed by atoms with van der Waals surface area (Å²) >= 11 is 1.73. The van der Waals surface area contributed by atoms with Gasteiger partial charge in [-0.1, -0.05) is 30.8 Å². The van der Waals surface area contributed by atoms with E-state index in [4.69, 9.17) is 4.74 Å². The maximum Gasteiger partial charge on any atom is 0.182 e. The van der Waals surface area contributed by atoms with E-state index in [-0.39, 0.29) is 29.3 Å². The fourth-order valence-electron chi connectivity index (χ4n) is 2.93. The highest BCUT2D eigenvalue weighted by atomic mass is 79.9. The summed E-state index contributed by atoms with van der Waals surface area (Å²) in [4.78, 5) is 19.6. The quantitative estimate of drug-likeness (QED) is 0.515. The van der Waals surface area contributed by atoms with Gasteiger partial charge in [-0.3, -0.25) is 9.79 Å². The monoisotopic (exact) mass is 462 g/mol. The molecular weight excluding hydrogens is 436 g/mol. The molecule has 1 heterocycles. The Labute approximate surface area is 182 Å². The largest absolute Gasteiger partial charge is 0.494 e.